The van der Waals surface area contributed by atoms with Crippen molar-refractivity contribution in [2.24, 2.45) is 5.73 Å². The number of ether oxygens (including phenoxy) is 2. The van der Waals surface area contributed by atoms with Gasteiger partial charge in [0, 0.05) is 18.8 Å². The first kappa shape index (κ1) is 22.0. The predicted octanol–water partition coefficient (Wildman–Crippen LogP) is 1.48. The zero-order valence-electron chi connectivity index (χ0n) is 15.8. The average Bonchev–Trinajstić information content (AvgIpc) is 2.74. The number of nitrogens with two attached hydrogens (primary N) is 1. The van der Waals surface area contributed by atoms with Gasteiger partial charge < -0.3 is 20.5 Å². The van der Waals surface area contributed by atoms with Gasteiger partial charge >= 0.3 is 0 Å². The van der Waals surface area contributed by atoms with Crippen LogP contribution in [0.2, 0.25) is 5.02 Å². The summed E-state index contributed by atoms with van der Waals surface area (Å²) < 4.78 is 37.6. The summed E-state index contributed by atoms with van der Waals surface area (Å²) in [6.45, 7) is 0.651. The number of rotatable bonds is 7. The number of carbonyl (C=O) groups is 2. The topological polar surface area (TPSA) is 128 Å². The summed E-state index contributed by atoms with van der Waals surface area (Å²) in [7, 11) is -3.83. The van der Waals surface area contributed by atoms with E-state index >= 15 is 0 Å². The van der Waals surface area contributed by atoms with Crippen LogP contribution < -0.4 is 15.8 Å². The highest BCUT2D eigenvalue weighted by atomic mass is 35.5. The highest BCUT2D eigenvalue weighted by Gasteiger charge is 2.28. The largest absolute Gasteiger partial charge is 0.483 e. The smallest absolute Gasteiger partial charge is 0.262 e. The number of benzene rings is 2. The lowest BCUT2D eigenvalue weighted by Gasteiger charge is -2.26. The monoisotopic (exact) mass is 453 g/mol. The van der Waals surface area contributed by atoms with Gasteiger partial charge in [-0.25, -0.2) is 8.42 Å². The summed E-state index contributed by atoms with van der Waals surface area (Å²) in [5.74, 6) is -1.06. The SMILES string of the molecule is NC(=O)c1ccccc1OCC(=O)Nc1ccc(Cl)c(S(=O)(=O)N2CCOCC2)c1. The van der Waals surface area contributed by atoms with Gasteiger partial charge in [-0.1, -0.05) is 23.7 Å². The lowest BCUT2D eigenvalue weighted by atomic mass is 10.2. The summed E-state index contributed by atoms with van der Waals surface area (Å²) in [6, 6.07) is 10.4. The average molecular weight is 454 g/mol. The Morgan fingerprint density at radius 3 is 2.57 bits per heavy atom. The third kappa shape index (κ3) is 5.08. The van der Waals surface area contributed by atoms with Gasteiger partial charge in [-0.05, 0) is 30.3 Å². The van der Waals surface area contributed by atoms with Crippen molar-refractivity contribution in [1.82, 2.24) is 4.31 Å². The number of morpholine rings is 1. The lowest BCUT2D eigenvalue weighted by molar-refractivity contribution is -0.118. The molecule has 2 aromatic carbocycles. The summed E-state index contributed by atoms with van der Waals surface area (Å²) in [4.78, 5) is 23.6. The molecular formula is C19H20ClN3O6S. The number of nitrogens with one attached hydrogen (secondary N) is 1. The maximum atomic E-state index is 12.9. The zero-order chi connectivity index (χ0) is 21.7. The second kappa shape index (κ2) is 9.43. The van der Waals surface area contributed by atoms with Gasteiger partial charge in [-0.2, -0.15) is 4.31 Å². The molecule has 0 atom stereocenters. The summed E-state index contributed by atoms with van der Waals surface area (Å²) in [6.07, 6.45) is 0. The first-order valence-electron chi connectivity index (χ1n) is 8.98. The number of amides is 2. The van der Waals surface area contributed by atoms with E-state index in [9.17, 15) is 18.0 Å². The van der Waals surface area contributed by atoms with E-state index < -0.39 is 28.4 Å². The number of anilines is 1. The van der Waals surface area contributed by atoms with Gasteiger partial charge in [0.2, 0.25) is 10.0 Å². The fourth-order valence-corrected chi connectivity index (χ4v) is 4.75. The van der Waals surface area contributed by atoms with E-state index in [2.05, 4.69) is 5.32 Å². The van der Waals surface area contributed by atoms with Crippen molar-refractivity contribution in [3.05, 3.63) is 53.1 Å². The predicted molar refractivity (Wildman–Crippen MR) is 110 cm³/mol. The number of para-hydroxylation sites is 1. The van der Waals surface area contributed by atoms with Crippen LogP contribution >= 0.6 is 11.6 Å². The van der Waals surface area contributed by atoms with Gasteiger partial charge in [0.1, 0.15) is 10.6 Å². The van der Waals surface area contributed by atoms with Crippen LogP contribution in [0.25, 0.3) is 0 Å². The Kier molecular flexibility index (Phi) is 6.93. The molecule has 2 aromatic rings. The molecule has 9 nitrogen and oxygen atoms in total. The van der Waals surface area contributed by atoms with Crippen LogP contribution in [-0.2, 0) is 19.6 Å². The molecule has 1 aliphatic heterocycles. The Labute approximate surface area is 178 Å². The summed E-state index contributed by atoms with van der Waals surface area (Å²) >= 11 is 6.11. The molecule has 2 amide bonds. The number of carbonyl (C=O) groups excluding carboxylic acids is 2. The molecule has 0 unspecified atom stereocenters. The molecule has 1 fully saturated rings. The van der Waals surface area contributed by atoms with Crippen LogP contribution in [0.4, 0.5) is 5.69 Å². The number of hydrogen-bond acceptors (Lipinski definition) is 6. The molecule has 0 spiro atoms. The Morgan fingerprint density at radius 2 is 1.87 bits per heavy atom. The molecule has 3 rings (SSSR count). The Balaban J connectivity index is 1.71. The van der Waals surface area contributed by atoms with Crippen LogP contribution in [0.15, 0.2) is 47.4 Å². The Bertz CT molecular complexity index is 1050. The molecule has 0 saturated carbocycles. The number of nitrogens with zero attached hydrogens (tertiary/aromatic N) is 1. The van der Waals surface area contributed by atoms with E-state index in [-0.39, 0.29) is 40.0 Å². The number of sulfonamides is 1. The second-order valence-corrected chi connectivity index (χ2v) is 8.67. The molecular weight excluding hydrogens is 434 g/mol. The van der Waals surface area contributed by atoms with Crippen LogP contribution in [-0.4, -0.2) is 57.4 Å². The minimum atomic E-state index is -3.83. The maximum Gasteiger partial charge on any atom is 0.262 e. The first-order valence-corrected chi connectivity index (χ1v) is 10.8. The molecule has 1 aliphatic rings. The zero-order valence-corrected chi connectivity index (χ0v) is 17.4. The van der Waals surface area contributed by atoms with Crippen LogP contribution in [0, 0.1) is 0 Å². The standard InChI is InChI=1S/C19H20ClN3O6S/c20-15-6-5-13(11-17(15)30(26,27)23-7-9-28-10-8-23)22-18(24)12-29-16-4-2-1-3-14(16)19(21)25/h1-6,11H,7-10,12H2,(H2,21,25)(H,22,24). The Hall–Kier alpha value is -2.66. The highest BCUT2D eigenvalue weighted by Crippen LogP contribution is 2.28. The fraction of sp³-hybridized carbons (Fsp3) is 0.263. The van der Waals surface area contributed by atoms with Crippen LogP contribution in [0.5, 0.6) is 5.75 Å². The molecule has 0 bridgehead atoms. The third-order valence-corrected chi connectivity index (χ3v) is 6.69. The van der Waals surface area contributed by atoms with Gasteiger partial charge in [0.25, 0.3) is 11.8 Å². The molecule has 1 heterocycles. The summed E-state index contributed by atoms with van der Waals surface area (Å²) in [5.41, 5.74) is 5.66. The van der Waals surface area contributed by atoms with Crippen molar-refractivity contribution in [3.63, 3.8) is 0 Å². The Morgan fingerprint density at radius 1 is 1.17 bits per heavy atom. The van der Waals surface area contributed by atoms with Crippen LogP contribution in [0.1, 0.15) is 10.4 Å². The molecule has 0 aliphatic carbocycles. The molecule has 0 aromatic heterocycles. The molecule has 11 heteroatoms. The normalized spacial score (nSPS) is 14.8. The van der Waals surface area contributed by atoms with Crippen LogP contribution in [0.3, 0.4) is 0 Å². The number of halogens is 1. The van der Waals surface area contributed by atoms with Crippen molar-refractivity contribution >= 4 is 39.1 Å². The molecule has 1 saturated heterocycles. The lowest BCUT2D eigenvalue weighted by Crippen LogP contribution is -2.40. The van der Waals surface area contributed by atoms with E-state index in [4.69, 9.17) is 26.8 Å². The molecule has 0 radical (unpaired) electrons. The van der Waals surface area contributed by atoms with E-state index in [1.54, 1.807) is 12.1 Å². The second-order valence-electron chi connectivity index (χ2n) is 6.36. The third-order valence-electron chi connectivity index (χ3n) is 4.31. The van der Waals surface area contributed by atoms with E-state index in [0.29, 0.717) is 13.2 Å². The maximum absolute atomic E-state index is 12.9. The molecule has 30 heavy (non-hydrogen) atoms. The van der Waals surface area contributed by atoms with Gasteiger partial charge in [0.15, 0.2) is 6.61 Å². The number of hydrogen-bond donors (Lipinski definition) is 2. The minimum Gasteiger partial charge on any atom is -0.483 e. The van der Waals surface area contributed by atoms with Gasteiger partial charge in [-0.15, -0.1) is 0 Å². The van der Waals surface area contributed by atoms with E-state index in [1.807, 2.05) is 0 Å². The minimum absolute atomic E-state index is 0.0473. The summed E-state index contributed by atoms with van der Waals surface area (Å²) in [5, 5.41) is 2.60. The fourth-order valence-electron chi connectivity index (χ4n) is 2.84. The van der Waals surface area contributed by atoms with Crippen molar-refractivity contribution in [2.75, 3.05) is 38.2 Å². The van der Waals surface area contributed by atoms with Crippen molar-refractivity contribution in [1.29, 1.82) is 0 Å². The highest BCUT2D eigenvalue weighted by molar-refractivity contribution is 7.89. The van der Waals surface area contributed by atoms with Crippen molar-refractivity contribution in [2.45, 2.75) is 4.90 Å². The molecule has 3 N–H and O–H groups in total. The van der Waals surface area contributed by atoms with Crippen molar-refractivity contribution in [3.8, 4) is 5.75 Å². The van der Waals surface area contributed by atoms with Crippen molar-refractivity contribution < 1.29 is 27.5 Å². The van der Waals surface area contributed by atoms with E-state index in [0.717, 1.165) is 0 Å². The quantitative estimate of drug-likeness (QED) is 0.653. The first-order chi connectivity index (χ1) is 14.3. The van der Waals surface area contributed by atoms with E-state index in [1.165, 1.54) is 34.6 Å². The van der Waals surface area contributed by atoms with Gasteiger partial charge in [-0.3, -0.25) is 9.59 Å². The number of primary amides is 1. The molecule has 160 valence electrons. The van der Waals surface area contributed by atoms with Gasteiger partial charge in [0.05, 0.1) is 23.8 Å².